The van der Waals surface area contributed by atoms with E-state index in [2.05, 4.69) is 37.6 Å². The fourth-order valence-electron chi connectivity index (χ4n) is 5.98. The minimum absolute atomic E-state index is 0.0268. The van der Waals surface area contributed by atoms with Crippen LogP contribution in [0.25, 0.3) is 5.69 Å². The summed E-state index contributed by atoms with van der Waals surface area (Å²) in [7, 11) is 0. The summed E-state index contributed by atoms with van der Waals surface area (Å²) in [4.78, 5) is 13.8. The van der Waals surface area contributed by atoms with Crippen LogP contribution in [0.15, 0.2) is 53.3 Å². The minimum Gasteiger partial charge on any atom is -0.277 e. The molecule has 2 aliphatic rings. The molecule has 0 unspecified atom stereocenters. The molecule has 3 nitrogen and oxygen atoms in total. The first-order chi connectivity index (χ1) is 14.3. The predicted octanol–water partition coefficient (Wildman–Crippen LogP) is 5.56. The molecule has 1 fully saturated rings. The van der Waals surface area contributed by atoms with Gasteiger partial charge in [-0.1, -0.05) is 64.1 Å². The van der Waals surface area contributed by atoms with Gasteiger partial charge in [0.05, 0.1) is 12.2 Å². The largest absolute Gasteiger partial charge is 0.277 e. The average molecular weight is 405 g/mol. The van der Waals surface area contributed by atoms with Crippen LogP contribution in [0.4, 0.5) is 4.39 Å². The van der Waals surface area contributed by atoms with Crippen molar-refractivity contribution in [1.29, 1.82) is 0 Å². The quantitative estimate of drug-likeness (QED) is 0.559. The Kier molecular flexibility index (Phi) is 4.15. The SMILES string of the molecule is CCc1ccc(-n2c(=O)c3c(n2Cc2ccccc2)[C@]2(C)CC[C@H]3C2(C)C)c(F)c1. The molecule has 0 saturated heterocycles. The van der Waals surface area contributed by atoms with Crippen molar-refractivity contribution in [3.8, 4) is 5.69 Å². The second kappa shape index (κ2) is 6.44. The van der Waals surface area contributed by atoms with E-state index in [0.29, 0.717) is 12.2 Å². The molecule has 1 aromatic heterocycles. The zero-order valence-electron chi connectivity index (χ0n) is 18.2. The van der Waals surface area contributed by atoms with Crippen molar-refractivity contribution >= 4 is 0 Å². The van der Waals surface area contributed by atoms with Gasteiger partial charge in [-0.2, -0.15) is 0 Å². The Morgan fingerprint density at radius 3 is 2.47 bits per heavy atom. The maximum atomic E-state index is 15.2. The molecule has 0 spiro atoms. The number of rotatable bonds is 4. The maximum absolute atomic E-state index is 15.2. The number of halogens is 1. The fourth-order valence-corrected chi connectivity index (χ4v) is 5.98. The maximum Gasteiger partial charge on any atom is 0.275 e. The molecule has 2 bridgehead atoms. The van der Waals surface area contributed by atoms with Crippen LogP contribution in [-0.4, -0.2) is 9.36 Å². The standard InChI is InChI=1S/C26H29FN2O/c1-5-17-11-12-21(20(27)15-17)29-24(30)22-19-13-14-26(4,25(19,2)3)23(22)28(29)16-18-9-7-6-8-10-18/h6-12,15,19H,5,13-14,16H2,1-4H3/t19-,26+/m1/s1. The Balaban J connectivity index is 1.79. The first-order valence-electron chi connectivity index (χ1n) is 11.0. The van der Waals surface area contributed by atoms with Gasteiger partial charge in [0.25, 0.3) is 5.56 Å². The molecule has 5 rings (SSSR count). The summed E-state index contributed by atoms with van der Waals surface area (Å²) in [6, 6.07) is 15.4. The lowest BCUT2D eigenvalue weighted by molar-refractivity contribution is 0.216. The van der Waals surface area contributed by atoms with E-state index in [1.54, 1.807) is 16.8 Å². The van der Waals surface area contributed by atoms with Crippen molar-refractivity contribution in [2.24, 2.45) is 5.41 Å². The van der Waals surface area contributed by atoms with Crippen molar-refractivity contribution in [2.75, 3.05) is 0 Å². The second-order valence-electron chi connectivity index (χ2n) is 9.71. The van der Waals surface area contributed by atoms with Crippen molar-refractivity contribution in [3.05, 3.63) is 87.1 Å². The van der Waals surface area contributed by atoms with Crippen molar-refractivity contribution in [3.63, 3.8) is 0 Å². The summed E-state index contributed by atoms with van der Waals surface area (Å²) in [6.07, 6.45) is 2.85. The van der Waals surface area contributed by atoms with Gasteiger partial charge in [-0.25, -0.2) is 9.07 Å². The topological polar surface area (TPSA) is 26.9 Å². The van der Waals surface area contributed by atoms with Gasteiger partial charge in [-0.05, 0) is 53.9 Å². The summed E-state index contributed by atoms with van der Waals surface area (Å²) in [5.41, 5.74) is 4.30. The van der Waals surface area contributed by atoms with Gasteiger partial charge >= 0.3 is 0 Å². The van der Waals surface area contributed by atoms with Crippen LogP contribution in [0.2, 0.25) is 0 Å². The van der Waals surface area contributed by atoms with Crippen LogP contribution in [0.3, 0.4) is 0 Å². The van der Waals surface area contributed by atoms with Gasteiger partial charge in [-0.15, -0.1) is 0 Å². The Labute approximate surface area is 177 Å². The van der Waals surface area contributed by atoms with Crippen molar-refractivity contribution in [2.45, 2.75) is 64.8 Å². The number of aromatic nitrogens is 2. The van der Waals surface area contributed by atoms with Crippen LogP contribution in [-0.2, 0) is 18.4 Å². The second-order valence-corrected chi connectivity index (χ2v) is 9.71. The third-order valence-corrected chi connectivity index (χ3v) is 8.10. The monoisotopic (exact) mass is 404 g/mol. The first-order valence-corrected chi connectivity index (χ1v) is 11.0. The summed E-state index contributed by atoms with van der Waals surface area (Å²) >= 11 is 0. The molecule has 1 saturated carbocycles. The van der Waals surface area contributed by atoms with E-state index >= 15 is 4.39 Å². The molecule has 2 aliphatic carbocycles. The molecule has 2 atom stereocenters. The van der Waals surface area contributed by atoms with Crippen LogP contribution < -0.4 is 5.56 Å². The summed E-state index contributed by atoms with van der Waals surface area (Å²) in [5, 5.41) is 0. The highest BCUT2D eigenvalue weighted by Gasteiger charge is 2.62. The Hall–Kier alpha value is -2.62. The van der Waals surface area contributed by atoms with Gasteiger partial charge in [0.2, 0.25) is 0 Å². The average Bonchev–Trinajstić information content (AvgIpc) is 3.21. The Morgan fingerprint density at radius 2 is 1.80 bits per heavy atom. The Morgan fingerprint density at radius 1 is 1.07 bits per heavy atom. The van der Waals surface area contributed by atoms with E-state index < -0.39 is 0 Å². The molecule has 2 aromatic carbocycles. The normalized spacial score (nSPS) is 23.7. The lowest BCUT2D eigenvalue weighted by atomic mass is 9.70. The highest BCUT2D eigenvalue weighted by molar-refractivity contribution is 5.48. The molecule has 0 radical (unpaired) electrons. The van der Waals surface area contributed by atoms with Crippen molar-refractivity contribution in [1.82, 2.24) is 9.36 Å². The molecule has 0 aliphatic heterocycles. The lowest BCUT2D eigenvalue weighted by Crippen LogP contribution is -2.36. The van der Waals surface area contributed by atoms with Gasteiger partial charge in [0.15, 0.2) is 0 Å². The van der Waals surface area contributed by atoms with E-state index in [4.69, 9.17) is 0 Å². The van der Waals surface area contributed by atoms with E-state index in [0.717, 1.165) is 41.6 Å². The fraction of sp³-hybridized carbons (Fsp3) is 0.423. The zero-order chi connectivity index (χ0) is 21.3. The molecular formula is C26H29FN2O. The number of hydrogen-bond acceptors (Lipinski definition) is 1. The molecule has 156 valence electrons. The predicted molar refractivity (Wildman–Crippen MR) is 118 cm³/mol. The van der Waals surface area contributed by atoms with Crippen molar-refractivity contribution < 1.29 is 4.39 Å². The smallest absolute Gasteiger partial charge is 0.275 e. The van der Waals surface area contributed by atoms with E-state index in [1.807, 2.05) is 31.2 Å². The number of fused-ring (bicyclic) bond motifs is 5. The third-order valence-electron chi connectivity index (χ3n) is 8.10. The minimum atomic E-state index is -0.335. The number of aryl methyl sites for hydroxylation is 1. The van der Waals surface area contributed by atoms with E-state index in [-0.39, 0.29) is 28.1 Å². The van der Waals surface area contributed by atoms with E-state index in [9.17, 15) is 4.79 Å². The molecule has 0 amide bonds. The zero-order valence-corrected chi connectivity index (χ0v) is 18.2. The molecule has 0 N–H and O–H groups in total. The molecule has 30 heavy (non-hydrogen) atoms. The van der Waals surface area contributed by atoms with Gasteiger partial charge < -0.3 is 0 Å². The number of nitrogens with zero attached hydrogens (tertiary/aromatic N) is 2. The molecule has 1 heterocycles. The third kappa shape index (κ3) is 2.39. The number of hydrogen-bond donors (Lipinski definition) is 0. The molecule has 3 aromatic rings. The lowest BCUT2D eigenvalue weighted by Gasteiger charge is -2.36. The highest BCUT2D eigenvalue weighted by Crippen LogP contribution is 2.67. The van der Waals surface area contributed by atoms with E-state index in [1.165, 1.54) is 0 Å². The Bertz CT molecular complexity index is 1190. The summed E-state index contributed by atoms with van der Waals surface area (Å²) in [5.74, 6) is -0.107. The summed E-state index contributed by atoms with van der Waals surface area (Å²) < 4.78 is 18.8. The molecular weight excluding hydrogens is 375 g/mol. The van der Waals surface area contributed by atoms with Crippen LogP contribution in [0, 0.1) is 11.2 Å². The number of benzene rings is 2. The van der Waals surface area contributed by atoms with Crippen LogP contribution >= 0.6 is 0 Å². The van der Waals surface area contributed by atoms with Gasteiger partial charge in [0, 0.05) is 11.0 Å². The van der Waals surface area contributed by atoms with Crippen LogP contribution in [0.1, 0.15) is 68.8 Å². The molecule has 4 heteroatoms. The van der Waals surface area contributed by atoms with Gasteiger partial charge in [-0.3, -0.25) is 9.48 Å². The highest BCUT2D eigenvalue weighted by atomic mass is 19.1. The summed E-state index contributed by atoms with van der Waals surface area (Å²) in [6.45, 7) is 9.43. The van der Waals surface area contributed by atoms with Crippen LogP contribution in [0.5, 0.6) is 0 Å². The van der Waals surface area contributed by atoms with Gasteiger partial charge in [0.1, 0.15) is 11.5 Å². The first kappa shape index (κ1) is 19.3.